The summed E-state index contributed by atoms with van der Waals surface area (Å²) in [5, 5.41) is 10.3. The monoisotopic (exact) mass is 401 g/mol. The minimum Gasteiger partial charge on any atom is -0.481 e. The van der Waals surface area contributed by atoms with Gasteiger partial charge >= 0.3 is 0 Å². The summed E-state index contributed by atoms with van der Waals surface area (Å²) in [6.45, 7) is 1.69. The van der Waals surface area contributed by atoms with E-state index in [2.05, 4.69) is 15.5 Å². The third-order valence-corrected chi connectivity index (χ3v) is 4.24. The Bertz CT molecular complexity index is 1080. The summed E-state index contributed by atoms with van der Waals surface area (Å²) in [6, 6.07) is 23.7. The van der Waals surface area contributed by atoms with Crippen molar-refractivity contribution in [3.8, 4) is 28.7 Å². The van der Waals surface area contributed by atoms with E-state index in [4.69, 9.17) is 13.9 Å². The summed E-state index contributed by atoms with van der Waals surface area (Å²) in [7, 11) is 0. The van der Waals surface area contributed by atoms with Crippen LogP contribution in [0.25, 0.3) is 11.5 Å². The maximum Gasteiger partial charge on any atom is 0.265 e. The van der Waals surface area contributed by atoms with Gasteiger partial charge in [-0.25, -0.2) is 0 Å². The van der Waals surface area contributed by atoms with E-state index >= 15 is 0 Å². The molecule has 4 rings (SSSR count). The van der Waals surface area contributed by atoms with Crippen molar-refractivity contribution in [3.05, 3.63) is 85.3 Å². The lowest BCUT2D eigenvalue weighted by molar-refractivity contribution is -0.122. The van der Waals surface area contributed by atoms with E-state index in [0.29, 0.717) is 23.1 Å². The SMILES string of the molecule is CC(Oc1ccc(-c2nnco2)cc1)C(=O)Nc1ccc(Oc2ccccc2)cc1. The molecule has 0 saturated carbocycles. The molecule has 0 bridgehead atoms. The molecule has 1 unspecified atom stereocenters. The Labute approximate surface area is 173 Å². The van der Waals surface area contributed by atoms with Crippen LogP contribution in [0.1, 0.15) is 6.92 Å². The van der Waals surface area contributed by atoms with Crippen LogP contribution in [0.3, 0.4) is 0 Å². The molecule has 0 fully saturated rings. The van der Waals surface area contributed by atoms with Crippen LogP contribution in [0.15, 0.2) is 89.7 Å². The maximum absolute atomic E-state index is 12.4. The van der Waals surface area contributed by atoms with Crippen LogP contribution in [0.5, 0.6) is 17.2 Å². The Balaban J connectivity index is 1.32. The van der Waals surface area contributed by atoms with Crippen molar-refractivity contribution in [2.24, 2.45) is 0 Å². The van der Waals surface area contributed by atoms with E-state index in [1.54, 1.807) is 55.5 Å². The first-order chi connectivity index (χ1) is 14.7. The van der Waals surface area contributed by atoms with Crippen molar-refractivity contribution >= 4 is 11.6 Å². The van der Waals surface area contributed by atoms with E-state index in [9.17, 15) is 4.79 Å². The van der Waals surface area contributed by atoms with Gasteiger partial charge in [0.1, 0.15) is 17.2 Å². The molecular formula is C23H19N3O4. The number of hydrogen-bond acceptors (Lipinski definition) is 6. The molecule has 30 heavy (non-hydrogen) atoms. The van der Waals surface area contributed by atoms with Crippen molar-refractivity contribution in [2.45, 2.75) is 13.0 Å². The first kappa shape index (κ1) is 19.2. The Morgan fingerprint density at radius 2 is 1.57 bits per heavy atom. The number of para-hydroxylation sites is 1. The van der Waals surface area contributed by atoms with Crippen molar-refractivity contribution in [3.63, 3.8) is 0 Å². The number of anilines is 1. The summed E-state index contributed by atoms with van der Waals surface area (Å²) in [4.78, 5) is 12.4. The first-order valence-electron chi connectivity index (χ1n) is 9.34. The van der Waals surface area contributed by atoms with Crippen molar-refractivity contribution < 1.29 is 18.7 Å². The smallest absolute Gasteiger partial charge is 0.265 e. The molecule has 1 aromatic heterocycles. The van der Waals surface area contributed by atoms with Crippen LogP contribution in [0, 0.1) is 0 Å². The Hall–Kier alpha value is -4.13. The Morgan fingerprint density at radius 1 is 0.900 bits per heavy atom. The van der Waals surface area contributed by atoms with Gasteiger partial charge in [0.25, 0.3) is 5.91 Å². The van der Waals surface area contributed by atoms with E-state index in [1.165, 1.54) is 6.39 Å². The quantitative estimate of drug-likeness (QED) is 0.472. The van der Waals surface area contributed by atoms with Crippen molar-refractivity contribution in [1.82, 2.24) is 10.2 Å². The highest BCUT2D eigenvalue weighted by molar-refractivity contribution is 5.94. The zero-order valence-electron chi connectivity index (χ0n) is 16.2. The third-order valence-electron chi connectivity index (χ3n) is 4.24. The second-order valence-corrected chi connectivity index (χ2v) is 6.46. The molecule has 0 aliphatic carbocycles. The highest BCUT2D eigenvalue weighted by atomic mass is 16.5. The lowest BCUT2D eigenvalue weighted by Crippen LogP contribution is -2.30. The Morgan fingerprint density at radius 3 is 2.23 bits per heavy atom. The molecular weight excluding hydrogens is 382 g/mol. The fourth-order valence-corrected chi connectivity index (χ4v) is 2.71. The molecule has 0 spiro atoms. The number of carbonyl (C=O) groups is 1. The average molecular weight is 401 g/mol. The predicted molar refractivity (Wildman–Crippen MR) is 111 cm³/mol. The molecule has 150 valence electrons. The molecule has 0 radical (unpaired) electrons. The van der Waals surface area contributed by atoms with Crippen molar-refractivity contribution in [2.75, 3.05) is 5.32 Å². The zero-order valence-corrected chi connectivity index (χ0v) is 16.2. The topological polar surface area (TPSA) is 86.5 Å². The molecule has 0 saturated heterocycles. The van der Waals surface area contributed by atoms with Crippen LogP contribution >= 0.6 is 0 Å². The van der Waals surface area contributed by atoms with Crippen LogP contribution in [-0.2, 0) is 4.79 Å². The van der Waals surface area contributed by atoms with Crippen LogP contribution < -0.4 is 14.8 Å². The second kappa shape index (κ2) is 8.91. The number of nitrogens with one attached hydrogen (secondary N) is 1. The Kier molecular flexibility index (Phi) is 5.70. The summed E-state index contributed by atoms with van der Waals surface area (Å²) in [5.74, 6) is 2.17. The molecule has 3 aromatic carbocycles. The highest BCUT2D eigenvalue weighted by Gasteiger charge is 2.15. The van der Waals surface area contributed by atoms with Gasteiger partial charge in [0, 0.05) is 11.3 Å². The van der Waals surface area contributed by atoms with Crippen LogP contribution in [0.4, 0.5) is 5.69 Å². The van der Waals surface area contributed by atoms with Gasteiger partial charge in [-0.2, -0.15) is 0 Å². The average Bonchev–Trinajstić information content (AvgIpc) is 3.31. The summed E-state index contributed by atoms with van der Waals surface area (Å²) >= 11 is 0. The molecule has 7 nitrogen and oxygen atoms in total. The summed E-state index contributed by atoms with van der Waals surface area (Å²) in [6.07, 6.45) is 0.589. The number of nitrogens with zero attached hydrogens (tertiary/aromatic N) is 2. The van der Waals surface area contributed by atoms with Crippen LogP contribution in [0.2, 0.25) is 0 Å². The molecule has 1 amide bonds. The minimum absolute atomic E-state index is 0.257. The molecule has 1 heterocycles. The zero-order chi connectivity index (χ0) is 20.8. The number of rotatable bonds is 7. The van der Waals surface area contributed by atoms with Gasteiger partial charge in [-0.3, -0.25) is 4.79 Å². The fourth-order valence-electron chi connectivity index (χ4n) is 2.71. The predicted octanol–water partition coefficient (Wildman–Crippen LogP) is 4.93. The summed E-state index contributed by atoms with van der Waals surface area (Å²) < 4.78 is 16.6. The minimum atomic E-state index is -0.681. The van der Waals surface area contributed by atoms with Gasteiger partial charge in [-0.1, -0.05) is 18.2 Å². The molecule has 1 atom stereocenters. The fraction of sp³-hybridized carbons (Fsp3) is 0.0870. The van der Waals surface area contributed by atoms with Gasteiger partial charge in [-0.15, -0.1) is 10.2 Å². The van der Waals surface area contributed by atoms with E-state index in [-0.39, 0.29) is 5.91 Å². The number of hydrogen-bond donors (Lipinski definition) is 1. The highest BCUT2D eigenvalue weighted by Crippen LogP contribution is 2.23. The third kappa shape index (κ3) is 4.82. The molecule has 4 aromatic rings. The molecule has 7 heteroatoms. The number of ether oxygens (including phenoxy) is 2. The second-order valence-electron chi connectivity index (χ2n) is 6.46. The number of amides is 1. The van der Waals surface area contributed by atoms with Gasteiger partial charge in [-0.05, 0) is 67.6 Å². The van der Waals surface area contributed by atoms with Gasteiger partial charge in [0.15, 0.2) is 6.10 Å². The molecule has 0 aliphatic heterocycles. The first-order valence-corrected chi connectivity index (χ1v) is 9.34. The number of benzene rings is 3. The lowest BCUT2D eigenvalue weighted by Gasteiger charge is -2.15. The maximum atomic E-state index is 12.4. The number of carbonyl (C=O) groups excluding carboxylic acids is 1. The largest absolute Gasteiger partial charge is 0.481 e. The van der Waals surface area contributed by atoms with Gasteiger partial charge < -0.3 is 19.2 Å². The molecule has 1 N–H and O–H groups in total. The lowest BCUT2D eigenvalue weighted by atomic mass is 10.2. The van der Waals surface area contributed by atoms with Crippen molar-refractivity contribution in [1.29, 1.82) is 0 Å². The van der Waals surface area contributed by atoms with E-state index < -0.39 is 6.10 Å². The standard InChI is InChI=1S/C23H19N3O4/c1-16(29-20-11-7-17(8-12-20)23-26-24-15-28-23)22(27)25-18-9-13-21(14-10-18)30-19-5-3-2-4-6-19/h2-16H,1H3,(H,25,27). The van der Waals surface area contributed by atoms with E-state index in [0.717, 1.165) is 11.3 Å². The van der Waals surface area contributed by atoms with Gasteiger partial charge in [0.2, 0.25) is 12.3 Å². The van der Waals surface area contributed by atoms with Gasteiger partial charge in [0.05, 0.1) is 0 Å². The van der Waals surface area contributed by atoms with E-state index in [1.807, 2.05) is 30.3 Å². The summed E-state index contributed by atoms with van der Waals surface area (Å²) in [5.41, 5.74) is 1.43. The van der Waals surface area contributed by atoms with Crippen LogP contribution in [-0.4, -0.2) is 22.2 Å². The number of aromatic nitrogens is 2. The normalized spacial score (nSPS) is 11.5. The molecule has 0 aliphatic rings.